The molecule has 3 amide bonds. The van der Waals surface area contributed by atoms with Gasteiger partial charge >= 0.3 is 12.0 Å². The Balaban J connectivity index is 1.14. The lowest BCUT2D eigenvalue weighted by Crippen LogP contribution is -2.36. The highest BCUT2D eigenvalue weighted by molar-refractivity contribution is 5.97. The summed E-state index contributed by atoms with van der Waals surface area (Å²) < 4.78 is 7.87. The second kappa shape index (κ2) is 13.1. The molecule has 0 saturated heterocycles. The summed E-state index contributed by atoms with van der Waals surface area (Å²) in [6.45, 7) is 7.67. The van der Waals surface area contributed by atoms with Crippen molar-refractivity contribution < 1.29 is 24.2 Å². The molecule has 2 unspecified atom stereocenters. The number of hydrogen-bond acceptors (Lipinski definition) is 5. The summed E-state index contributed by atoms with van der Waals surface area (Å²) in [5, 5.41) is 18.3. The summed E-state index contributed by atoms with van der Waals surface area (Å²) in [5.41, 5.74) is 8.12. The molecule has 10 heteroatoms. The highest BCUT2D eigenvalue weighted by atomic mass is 16.5. The van der Waals surface area contributed by atoms with Gasteiger partial charge in [0.05, 0.1) is 19.3 Å². The van der Waals surface area contributed by atoms with E-state index < -0.39 is 18.5 Å². The van der Waals surface area contributed by atoms with Crippen molar-refractivity contribution in [3.8, 4) is 16.9 Å². The van der Waals surface area contributed by atoms with Gasteiger partial charge in [0.2, 0.25) is 5.91 Å². The Kier molecular flexibility index (Phi) is 8.78. The van der Waals surface area contributed by atoms with E-state index in [-0.39, 0.29) is 5.91 Å². The van der Waals surface area contributed by atoms with Crippen molar-refractivity contribution in [2.75, 3.05) is 29.9 Å². The van der Waals surface area contributed by atoms with E-state index in [0.717, 1.165) is 40.2 Å². The fourth-order valence-electron chi connectivity index (χ4n) is 6.51. The first-order chi connectivity index (χ1) is 22.2. The Morgan fingerprint density at radius 1 is 1.07 bits per heavy atom. The number of carboxylic acid groups (broad SMARTS) is 1. The monoisotopic (exact) mass is 621 g/mol. The second-order valence-corrected chi connectivity index (χ2v) is 12.3. The first-order valence-electron chi connectivity index (χ1n) is 15.7. The number of carboxylic acids is 1. The van der Waals surface area contributed by atoms with Gasteiger partial charge in [-0.2, -0.15) is 5.10 Å². The van der Waals surface area contributed by atoms with Gasteiger partial charge in [-0.3, -0.25) is 14.3 Å². The average molecular weight is 622 g/mol. The van der Waals surface area contributed by atoms with Crippen molar-refractivity contribution in [2.24, 2.45) is 11.8 Å². The number of amides is 3. The van der Waals surface area contributed by atoms with Crippen LogP contribution in [0.3, 0.4) is 0 Å². The summed E-state index contributed by atoms with van der Waals surface area (Å²) in [7, 11) is 0. The van der Waals surface area contributed by atoms with E-state index in [4.69, 9.17) is 9.84 Å². The van der Waals surface area contributed by atoms with E-state index in [1.807, 2.05) is 58.4 Å². The van der Waals surface area contributed by atoms with Crippen molar-refractivity contribution in [1.29, 1.82) is 0 Å². The first-order valence-corrected chi connectivity index (χ1v) is 15.7. The van der Waals surface area contributed by atoms with E-state index in [2.05, 4.69) is 54.7 Å². The van der Waals surface area contributed by atoms with Crippen molar-refractivity contribution in [3.05, 3.63) is 95.3 Å². The minimum atomic E-state index is -1.11. The predicted molar refractivity (Wildman–Crippen MR) is 176 cm³/mol. The Bertz CT molecular complexity index is 1780. The number of aryl methyl sites for hydroxylation is 1. The molecule has 1 aliphatic carbocycles. The molecule has 0 bridgehead atoms. The van der Waals surface area contributed by atoms with E-state index in [1.54, 1.807) is 6.07 Å². The summed E-state index contributed by atoms with van der Waals surface area (Å²) in [4.78, 5) is 38.3. The molecule has 46 heavy (non-hydrogen) atoms. The highest BCUT2D eigenvalue weighted by Gasteiger charge is 2.54. The zero-order chi connectivity index (χ0) is 32.4. The standard InChI is InChI=1S/C36H39N5O5/c1-22-8-4-13-31(23(22)2)46-15-7-14-32(42)41-21-29-24(3)34(29)35-28(11-6-12-30(35)41)26-17-38-40(20-26)19-25-9-5-10-27(16-25)39-36(45)37-18-33(43)44/h4-6,8-13,16-17,20,24,29,34H,7,14-15,18-19,21H2,1-3H3,(H,43,44)(H2,37,39,45)/t24-,29?,34?/m0/s1. The number of benzene rings is 3. The molecule has 3 atom stereocenters. The van der Waals surface area contributed by atoms with Crippen molar-refractivity contribution in [3.63, 3.8) is 0 Å². The normalized spacial score (nSPS) is 17.9. The third kappa shape index (κ3) is 6.61. The van der Waals surface area contributed by atoms with Gasteiger partial charge in [0.15, 0.2) is 0 Å². The molecule has 4 aromatic rings. The SMILES string of the molecule is Cc1cccc(OCCCC(=O)N2CC3C(c4c(-c5cnn(Cc6cccc(NC(=O)NCC(=O)O)c6)c5)cccc42)[C@H]3C)c1C. The van der Waals surface area contributed by atoms with Crippen LogP contribution < -0.4 is 20.3 Å². The van der Waals surface area contributed by atoms with Crippen LogP contribution in [0, 0.1) is 25.7 Å². The molecular weight excluding hydrogens is 582 g/mol. The van der Waals surface area contributed by atoms with Crippen LogP contribution in [0.25, 0.3) is 11.1 Å². The zero-order valence-electron chi connectivity index (χ0n) is 26.3. The number of anilines is 2. The molecular formula is C36H39N5O5. The minimum Gasteiger partial charge on any atom is -0.493 e. The molecule has 6 rings (SSSR count). The number of carbonyl (C=O) groups excluding carboxylic acids is 2. The Labute approximate surface area is 268 Å². The van der Waals surface area contributed by atoms with E-state index in [9.17, 15) is 14.4 Å². The number of aromatic nitrogens is 2. The summed E-state index contributed by atoms with van der Waals surface area (Å²) in [5.74, 6) is 1.26. The number of carbonyl (C=O) groups is 3. The van der Waals surface area contributed by atoms with Gasteiger partial charge in [-0.1, -0.05) is 43.3 Å². The predicted octanol–water partition coefficient (Wildman–Crippen LogP) is 5.98. The quantitative estimate of drug-likeness (QED) is 0.177. The molecule has 1 aromatic heterocycles. The fraction of sp³-hybridized carbons (Fsp3) is 0.333. The van der Waals surface area contributed by atoms with E-state index in [1.165, 1.54) is 11.1 Å². The van der Waals surface area contributed by atoms with Crippen molar-refractivity contribution in [1.82, 2.24) is 15.1 Å². The van der Waals surface area contributed by atoms with Gasteiger partial charge in [0.25, 0.3) is 0 Å². The topological polar surface area (TPSA) is 126 Å². The fourth-order valence-corrected chi connectivity index (χ4v) is 6.51. The molecule has 238 valence electrons. The lowest BCUT2D eigenvalue weighted by molar-refractivity contribution is -0.135. The highest BCUT2D eigenvalue weighted by Crippen LogP contribution is 2.61. The van der Waals surface area contributed by atoms with Gasteiger partial charge < -0.3 is 25.4 Å². The number of aliphatic carboxylic acids is 1. The van der Waals surface area contributed by atoms with Crippen LogP contribution in [-0.2, 0) is 16.1 Å². The number of hydrogen-bond donors (Lipinski definition) is 3. The molecule has 1 aliphatic heterocycles. The number of rotatable bonds is 11. The lowest BCUT2D eigenvalue weighted by Gasteiger charge is -2.30. The van der Waals surface area contributed by atoms with Crippen molar-refractivity contribution >= 4 is 29.3 Å². The second-order valence-electron chi connectivity index (χ2n) is 12.3. The zero-order valence-corrected chi connectivity index (χ0v) is 26.3. The molecule has 0 spiro atoms. The molecule has 0 radical (unpaired) electrons. The summed E-state index contributed by atoms with van der Waals surface area (Å²) in [6, 6.07) is 19.0. The molecule has 10 nitrogen and oxygen atoms in total. The van der Waals surface area contributed by atoms with Crippen LogP contribution in [0.15, 0.2) is 73.1 Å². The van der Waals surface area contributed by atoms with Gasteiger partial charge in [-0.15, -0.1) is 0 Å². The number of urea groups is 1. The van der Waals surface area contributed by atoms with E-state index >= 15 is 0 Å². The van der Waals surface area contributed by atoms with Crippen LogP contribution in [0.4, 0.5) is 16.2 Å². The van der Waals surface area contributed by atoms with Crippen LogP contribution >= 0.6 is 0 Å². The van der Waals surface area contributed by atoms with Crippen molar-refractivity contribution in [2.45, 2.75) is 46.1 Å². The maximum absolute atomic E-state index is 13.6. The number of nitrogens with zero attached hydrogens (tertiary/aromatic N) is 3. The first kappa shape index (κ1) is 30.9. The molecule has 3 aromatic carbocycles. The van der Waals surface area contributed by atoms with Gasteiger partial charge in [0, 0.05) is 36.1 Å². The lowest BCUT2D eigenvalue weighted by atomic mass is 9.92. The van der Waals surface area contributed by atoms with E-state index in [0.29, 0.717) is 49.4 Å². The van der Waals surface area contributed by atoms with Crippen LogP contribution in [0.5, 0.6) is 5.75 Å². The molecule has 2 aliphatic rings. The summed E-state index contributed by atoms with van der Waals surface area (Å²) >= 11 is 0. The van der Waals surface area contributed by atoms with Gasteiger partial charge in [0.1, 0.15) is 12.3 Å². The van der Waals surface area contributed by atoms with Crippen LogP contribution in [-0.4, -0.2) is 52.5 Å². The number of fused-ring (bicyclic) bond motifs is 3. The molecule has 1 saturated carbocycles. The third-order valence-electron chi connectivity index (χ3n) is 9.19. The van der Waals surface area contributed by atoms with Crippen LogP contribution in [0.2, 0.25) is 0 Å². The number of nitrogens with one attached hydrogen (secondary N) is 2. The minimum absolute atomic E-state index is 0.126. The number of ether oxygens (including phenoxy) is 1. The van der Waals surface area contributed by atoms with Crippen LogP contribution in [0.1, 0.15) is 47.9 Å². The molecule has 3 N–H and O–H groups in total. The molecule has 2 heterocycles. The smallest absolute Gasteiger partial charge is 0.323 e. The third-order valence-corrected chi connectivity index (χ3v) is 9.19. The largest absolute Gasteiger partial charge is 0.493 e. The Morgan fingerprint density at radius 2 is 1.87 bits per heavy atom. The summed E-state index contributed by atoms with van der Waals surface area (Å²) in [6.07, 6.45) is 4.96. The Hall–Kier alpha value is -5.12. The Morgan fingerprint density at radius 3 is 2.70 bits per heavy atom. The molecule has 1 fully saturated rings. The average Bonchev–Trinajstić information content (AvgIpc) is 3.45. The van der Waals surface area contributed by atoms with Gasteiger partial charge in [-0.25, -0.2) is 4.79 Å². The van der Waals surface area contributed by atoms with Gasteiger partial charge in [-0.05, 0) is 90.1 Å². The maximum Gasteiger partial charge on any atom is 0.323 e. The maximum atomic E-state index is 13.6.